The average Bonchev–Trinajstić information content (AvgIpc) is 2.55. The van der Waals surface area contributed by atoms with Crippen LogP contribution < -0.4 is 0 Å². The second-order valence-corrected chi connectivity index (χ2v) is 4.01. The highest BCUT2D eigenvalue weighted by molar-refractivity contribution is 4.82. The molecule has 0 amide bonds. The molecule has 1 rings (SSSR count). The Kier molecular flexibility index (Phi) is 3.71. The lowest BCUT2D eigenvalue weighted by Gasteiger charge is -2.30. The first kappa shape index (κ1) is 11.0. The van der Waals surface area contributed by atoms with E-state index in [4.69, 9.17) is 0 Å². The summed E-state index contributed by atoms with van der Waals surface area (Å²) in [6, 6.07) is 0. The van der Waals surface area contributed by atoms with Crippen molar-refractivity contribution >= 4 is 0 Å². The summed E-state index contributed by atoms with van der Waals surface area (Å²) >= 11 is 0. The topological polar surface area (TPSA) is 60.7 Å². The summed E-state index contributed by atoms with van der Waals surface area (Å²) in [5.74, 6) is -1.75. The van der Waals surface area contributed by atoms with Crippen LogP contribution in [0.4, 0.5) is 0 Å². The minimum atomic E-state index is -1.69. The molecular formula is C10H19O3. The summed E-state index contributed by atoms with van der Waals surface area (Å²) in [6.07, 6.45) is 3.50. The van der Waals surface area contributed by atoms with E-state index in [9.17, 15) is 15.3 Å². The van der Waals surface area contributed by atoms with Gasteiger partial charge >= 0.3 is 0 Å². The summed E-state index contributed by atoms with van der Waals surface area (Å²) in [5, 5.41) is 28.6. The van der Waals surface area contributed by atoms with Gasteiger partial charge in [-0.3, -0.25) is 0 Å². The first-order valence-corrected chi connectivity index (χ1v) is 4.98. The third kappa shape index (κ3) is 2.93. The zero-order chi connectivity index (χ0) is 9.90. The van der Waals surface area contributed by atoms with E-state index >= 15 is 0 Å². The minimum absolute atomic E-state index is 0.0289. The van der Waals surface area contributed by atoms with Gasteiger partial charge in [0.05, 0.1) is 6.10 Å². The maximum atomic E-state index is 9.68. The molecule has 1 aliphatic carbocycles. The highest BCUT2D eigenvalue weighted by Crippen LogP contribution is 2.35. The second kappa shape index (κ2) is 4.40. The molecular weight excluding hydrogens is 168 g/mol. The Balaban J connectivity index is 2.43. The van der Waals surface area contributed by atoms with Gasteiger partial charge < -0.3 is 15.3 Å². The van der Waals surface area contributed by atoms with Crippen LogP contribution in [0.15, 0.2) is 0 Å². The van der Waals surface area contributed by atoms with Crippen LogP contribution in [-0.2, 0) is 0 Å². The molecule has 0 saturated heterocycles. The lowest BCUT2D eigenvalue weighted by atomic mass is 9.91. The molecule has 0 aromatic carbocycles. The molecule has 1 atom stereocenters. The van der Waals surface area contributed by atoms with Crippen molar-refractivity contribution in [2.24, 2.45) is 5.92 Å². The Bertz CT molecular complexity index is 150. The summed E-state index contributed by atoms with van der Waals surface area (Å²) in [5.41, 5.74) is 0. The summed E-state index contributed by atoms with van der Waals surface area (Å²) in [7, 11) is 0. The van der Waals surface area contributed by atoms with Crippen molar-refractivity contribution in [3.8, 4) is 0 Å². The molecule has 3 heteroatoms. The van der Waals surface area contributed by atoms with Gasteiger partial charge in [0, 0.05) is 12.3 Å². The van der Waals surface area contributed by atoms with Crippen LogP contribution >= 0.6 is 0 Å². The number of aliphatic hydroxyl groups is 3. The Morgan fingerprint density at radius 2 is 1.85 bits per heavy atom. The van der Waals surface area contributed by atoms with Crippen molar-refractivity contribution < 1.29 is 15.3 Å². The summed E-state index contributed by atoms with van der Waals surface area (Å²) in [6.45, 7) is 3.52. The minimum Gasteiger partial charge on any atom is -0.393 e. The van der Waals surface area contributed by atoms with Crippen LogP contribution in [0.2, 0.25) is 0 Å². The highest BCUT2D eigenvalue weighted by Gasteiger charge is 2.37. The molecule has 0 heterocycles. The fourth-order valence-electron chi connectivity index (χ4n) is 2.00. The zero-order valence-electron chi connectivity index (χ0n) is 7.95. The van der Waals surface area contributed by atoms with Crippen molar-refractivity contribution in [2.75, 3.05) is 0 Å². The first-order valence-electron chi connectivity index (χ1n) is 4.98. The standard InChI is InChI=1S/C10H19O3/c1-2-9(11)7-10(12,13)8-5-3-4-6-8/h8-9,11-13H,1-7H2. The van der Waals surface area contributed by atoms with Gasteiger partial charge in [0.15, 0.2) is 5.79 Å². The lowest BCUT2D eigenvalue weighted by molar-refractivity contribution is -0.215. The van der Waals surface area contributed by atoms with E-state index in [1.807, 2.05) is 0 Å². The maximum Gasteiger partial charge on any atom is 0.167 e. The maximum absolute atomic E-state index is 9.68. The van der Waals surface area contributed by atoms with Gasteiger partial charge in [0.2, 0.25) is 0 Å². The molecule has 0 aromatic rings. The normalized spacial score (nSPS) is 22.2. The molecule has 1 unspecified atom stereocenters. The predicted molar refractivity (Wildman–Crippen MR) is 49.7 cm³/mol. The smallest absolute Gasteiger partial charge is 0.167 e. The van der Waals surface area contributed by atoms with E-state index < -0.39 is 11.9 Å². The highest BCUT2D eigenvalue weighted by atomic mass is 16.5. The van der Waals surface area contributed by atoms with Gasteiger partial charge in [-0.2, -0.15) is 0 Å². The molecule has 1 fully saturated rings. The third-order valence-electron chi connectivity index (χ3n) is 2.88. The van der Waals surface area contributed by atoms with Crippen molar-refractivity contribution in [1.29, 1.82) is 0 Å². The van der Waals surface area contributed by atoms with Crippen molar-refractivity contribution in [3.05, 3.63) is 6.92 Å². The molecule has 13 heavy (non-hydrogen) atoms. The molecule has 1 saturated carbocycles. The van der Waals surface area contributed by atoms with E-state index in [0.29, 0.717) is 6.42 Å². The SMILES string of the molecule is [CH2]CC(O)CC(O)(O)C1CCCC1. The lowest BCUT2D eigenvalue weighted by Crippen LogP contribution is -2.39. The number of aliphatic hydroxyl groups excluding tert-OH is 1. The molecule has 3 N–H and O–H groups in total. The molecule has 0 aromatic heterocycles. The number of rotatable bonds is 4. The fourth-order valence-corrected chi connectivity index (χ4v) is 2.00. The van der Waals surface area contributed by atoms with Gasteiger partial charge in [0.25, 0.3) is 0 Å². The van der Waals surface area contributed by atoms with Crippen LogP contribution in [0.25, 0.3) is 0 Å². The molecule has 1 radical (unpaired) electrons. The molecule has 0 aliphatic heterocycles. The molecule has 0 spiro atoms. The zero-order valence-corrected chi connectivity index (χ0v) is 7.95. The van der Waals surface area contributed by atoms with E-state index in [1.165, 1.54) is 0 Å². The van der Waals surface area contributed by atoms with Crippen molar-refractivity contribution in [3.63, 3.8) is 0 Å². The van der Waals surface area contributed by atoms with E-state index in [2.05, 4.69) is 6.92 Å². The van der Waals surface area contributed by atoms with Crippen LogP contribution in [0, 0.1) is 12.8 Å². The van der Waals surface area contributed by atoms with Crippen molar-refractivity contribution in [2.45, 2.75) is 50.4 Å². The monoisotopic (exact) mass is 187 g/mol. The van der Waals surface area contributed by atoms with Crippen LogP contribution in [-0.4, -0.2) is 27.2 Å². The Hall–Kier alpha value is -0.120. The molecule has 77 valence electrons. The predicted octanol–water partition coefficient (Wildman–Crippen LogP) is 0.833. The Morgan fingerprint density at radius 3 is 2.31 bits per heavy atom. The largest absolute Gasteiger partial charge is 0.393 e. The van der Waals surface area contributed by atoms with Gasteiger partial charge in [-0.15, -0.1) is 0 Å². The van der Waals surface area contributed by atoms with Crippen LogP contribution in [0.1, 0.15) is 38.5 Å². The Morgan fingerprint density at radius 1 is 1.31 bits per heavy atom. The van der Waals surface area contributed by atoms with E-state index in [-0.39, 0.29) is 12.3 Å². The molecule has 1 aliphatic rings. The summed E-state index contributed by atoms with van der Waals surface area (Å²) in [4.78, 5) is 0. The van der Waals surface area contributed by atoms with Gasteiger partial charge in [-0.1, -0.05) is 19.8 Å². The van der Waals surface area contributed by atoms with Crippen molar-refractivity contribution in [1.82, 2.24) is 0 Å². The first-order chi connectivity index (χ1) is 6.06. The number of hydrogen-bond donors (Lipinski definition) is 3. The third-order valence-corrected chi connectivity index (χ3v) is 2.88. The fraction of sp³-hybridized carbons (Fsp3) is 0.900. The number of hydrogen-bond acceptors (Lipinski definition) is 3. The van der Waals surface area contributed by atoms with Gasteiger partial charge in [-0.05, 0) is 19.3 Å². The average molecular weight is 187 g/mol. The van der Waals surface area contributed by atoms with Crippen LogP contribution in [0.3, 0.4) is 0 Å². The second-order valence-electron chi connectivity index (χ2n) is 4.01. The van der Waals surface area contributed by atoms with Crippen LogP contribution in [0.5, 0.6) is 0 Å². The van der Waals surface area contributed by atoms with E-state index in [1.54, 1.807) is 0 Å². The van der Waals surface area contributed by atoms with E-state index in [0.717, 1.165) is 25.7 Å². The van der Waals surface area contributed by atoms with Gasteiger partial charge in [0.1, 0.15) is 0 Å². The van der Waals surface area contributed by atoms with Gasteiger partial charge in [-0.25, -0.2) is 0 Å². The Labute approximate surface area is 79.4 Å². The molecule has 0 bridgehead atoms. The molecule has 3 nitrogen and oxygen atoms in total. The summed E-state index contributed by atoms with van der Waals surface area (Å²) < 4.78 is 0. The quantitative estimate of drug-likeness (QED) is 0.571.